The summed E-state index contributed by atoms with van der Waals surface area (Å²) in [6.45, 7) is 10.9. The second-order valence-electron chi connectivity index (χ2n) is 8.68. The van der Waals surface area contributed by atoms with Crippen LogP contribution in [0.15, 0.2) is 24.3 Å². The molecule has 2 aliphatic heterocycles. The van der Waals surface area contributed by atoms with Gasteiger partial charge in [-0.15, -0.1) is 0 Å². The zero-order valence-electron chi connectivity index (χ0n) is 17.5. The summed E-state index contributed by atoms with van der Waals surface area (Å²) in [5, 5.41) is 0. The van der Waals surface area contributed by atoms with E-state index >= 15 is 0 Å². The van der Waals surface area contributed by atoms with E-state index in [9.17, 15) is 4.79 Å². The van der Waals surface area contributed by atoms with Crippen molar-refractivity contribution in [2.45, 2.75) is 39.3 Å². The van der Waals surface area contributed by atoms with E-state index in [0.29, 0.717) is 11.9 Å². The number of piperazine rings is 1. The van der Waals surface area contributed by atoms with Gasteiger partial charge in [-0.25, -0.2) is 4.98 Å². The number of para-hydroxylation sites is 2. The molecule has 4 rings (SSSR count). The summed E-state index contributed by atoms with van der Waals surface area (Å²) in [5.74, 6) is 1.60. The van der Waals surface area contributed by atoms with E-state index in [1.54, 1.807) is 0 Å². The molecule has 0 bridgehead atoms. The highest BCUT2D eigenvalue weighted by molar-refractivity contribution is 5.79. The number of aromatic nitrogens is 2. The molecule has 0 radical (unpaired) electrons. The zero-order chi connectivity index (χ0) is 19.7. The summed E-state index contributed by atoms with van der Waals surface area (Å²) < 4.78 is 2.35. The molecule has 6 heteroatoms. The smallest absolute Gasteiger partial charge is 0.227 e. The highest BCUT2D eigenvalue weighted by Crippen LogP contribution is 2.25. The molecule has 0 spiro atoms. The van der Waals surface area contributed by atoms with Crippen LogP contribution in [-0.4, -0.2) is 76.5 Å². The van der Waals surface area contributed by atoms with Gasteiger partial charge in [-0.05, 0) is 52.4 Å². The van der Waals surface area contributed by atoms with Gasteiger partial charge in [0.25, 0.3) is 0 Å². The van der Waals surface area contributed by atoms with E-state index in [-0.39, 0.29) is 5.92 Å². The van der Waals surface area contributed by atoms with Crippen molar-refractivity contribution in [3.05, 3.63) is 30.1 Å². The number of likely N-dealkylation sites (tertiary alicyclic amines) is 1. The van der Waals surface area contributed by atoms with Crippen LogP contribution in [0.5, 0.6) is 0 Å². The monoisotopic (exact) mass is 383 g/mol. The summed E-state index contributed by atoms with van der Waals surface area (Å²) >= 11 is 0. The van der Waals surface area contributed by atoms with E-state index in [4.69, 9.17) is 4.98 Å². The van der Waals surface area contributed by atoms with Gasteiger partial charge in [0.2, 0.25) is 5.91 Å². The molecule has 2 aromatic rings. The van der Waals surface area contributed by atoms with Gasteiger partial charge in [0.15, 0.2) is 0 Å². The Morgan fingerprint density at radius 3 is 2.64 bits per heavy atom. The maximum absolute atomic E-state index is 13.0. The van der Waals surface area contributed by atoms with Crippen LogP contribution >= 0.6 is 0 Å². The first-order valence-corrected chi connectivity index (χ1v) is 10.7. The molecule has 28 heavy (non-hydrogen) atoms. The van der Waals surface area contributed by atoms with Gasteiger partial charge in [-0.2, -0.15) is 0 Å². The van der Waals surface area contributed by atoms with Crippen LogP contribution in [0.2, 0.25) is 0 Å². The first kappa shape index (κ1) is 19.4. The van der Waals surface area contributed by atoms with E-state index in [0.717, 1.165) is 70.0 Å². The summed E-state index contributed by atoms with van der Waals surface area (Å²) in [7, 11) is 2.13. The number of fused-ring (bicyclic) bond motifs is 1. The number of amides is 1. The van der Waals surface area contributed by atoms with E-state index < -0.39 is 0 Å². The summed E-state index contributed by atoms with van der Waals surface area (Å²) in [6, 6.07) is 8.75. The van der Waals surface area contributed by atoms with Crippen molar-refractivity contribution in [3.8, 4) is 0 Å². The molecular weight excluding hydrogens is 350 g/mol. The minimum absolute atomic E-state index is 0.133. The average molecular weight is 384 g/mol. The molecule has 1 amide bonds. The van der Waals surface area contributed by atoms with Crippen molar-refractivity contribution in [1.82, 2.24) is 24.3 Å². The van der Waals surface area contributed by atoms with Crippen LogP contribution in [0.3, 0.4) is 0 Å². The normalized spacial score (nSPS) is 22.3. The van der Waals surface area contributed by atoms with Crippen LogP contribution in [-0.2, 0) is 11.3 Å². The first-order chi connectivity index (χ1) is 13.5. The highest BCUT2D eigenvalue weighted by atomic mass is 16.2. The Bertz CT molecular complexity index is 821. The minimum Gasteiger partial charge on any atom is -0.340 e. The second kappa shape index (κ2) is 8.21. The zero-order valence-corrected chi connectivity index (χ0v) is 17.5. The summed E-state index contributed by atoms with van der Waals surface area (Å²) in [5.41, 5.74) is 2.27. The molecule has 0 aliphatic carbocycles. The Kier molecular flexibility index (Phi) is 5.69. The minimum atomic E-state index is 0.133. The molecule has 2 saturated heterocycles. The van der Waals surface area contributed by atoms with Crippen molar-refractivity contribution in [2.75, 3.05) is 46.3 Å². The number of rotatable bonds is 4. The fourth-order valence-corrected chi connectivity index (χ4v) is 4.67. The summed E-state index contributed by atoms with van der Waals surface area (Å²) in [6.07, 6.45) is 2.11. The van der Waals surface area contributed by atoms with Gasteiger partial charge in [0.05, 0.1) is 23.5 Å². The van der Waals surface area contributed by atoms with Gasteiger partial charge in [-0.3, -0.25) is 9.69 Å². The third-order valence-corrected chi connectivity index (χ3v) is 6.22. The number of benzene rings is 1. The van der Waals surface area contributed by atoms with Crippen molar-refractivity contribution < 1.29 is 4.79 Å². The lowest BCUT2D eigenvalue weighted by Crippen LogP contribution is -2.51. The van der Waals surface area contributed by atoms with E-state index in [1.807, 2.05) is 0 Å². The Balaban J connectivity index is 1.46. The molecule has 2 fully saturated rings. The topological polar surface area (TPSA) is 44.6 Å². The molecule has 2 aliphatic rings. The van der Waals surface area contributed by atoms with Crippen molar-refractivity contribution >= 4 is 16.9 Å². The number of imidazole rings is 1. The Labute approximate surface area is 168 Å². The molecule has 1 atom stereocenters. The predicted molar refractivity (Wildman–Crippen MR) is 112 cm³/mol. The van der Waals surface area contributed by atoms with Gasteiger partial charge >= 0.3 is 0 Å². The fourth-order valence-electron chi connectivity index (χ4n) is 4.67. The molecule has 0 N–H and O–H groups in total. The molecule has 152 valence electrons. The molecule has 1 aromatic carbocycles. The molecule has 6 nitrogen and oxygen atoms in total. The van der Waals surface area contributed by atoms with Crippen molar-refractivity contribution in [3.63, 3.8) is 0 Å². The average Bonchev–Trinajstić information content (AvgIpc) is 3.06. The third kappa shape index (κ3) is 3.94. The number of likely N-dealkylation sites (N-methyl/N-ethyl adjacent to an activating group) is 1. The fraction of sp³-hybridized carbons (Fsp3) is 0.636. The molecule has 0 saturated carbocycles. The summed E-state index contributed by atoms with van der Waals surface area (Å²) in [4.78, 5) is 24.8. The number of nitrogens with zero attached hydrogens (tertiary/aromatic N) is 5. The Morgan fingerprint density at radius 1 is 1.14 bits per heavy atom. The highest BCUT2D eigenvalue weighted by Gasteiger charge is 2.31. The van der Waals surface area contributed by atoms with Gasteiger partial charge < -0.3 is 14.4 Å². The maximum Gasteiger partial charge on any atom is 0.227 e. The van der Waals surface area contributed by atoms with Crippen LogP contribution < -0.4 is 0 Å². The van der Waals surface area contributed by atoms with Gasteiger partial charge in [0, 0.05) is 38.8 Å². The lowest BCUT2D eigenvalue weighted by molar-refractivity contribution is -0.139. The molecular formula is C22H33N5O. The maximum atomic E-state index is 13.0. The van der Waals surface area contributed by atoms with Gasteiger partial charge in [-0.1, -0.05) is 12.1 Å². The largest absolute Gasteiger partial charge is 0.340 e. The number of piperidine rings is 1. The quantitative estimate of drug-likeness (QED) is 0.814. The lowest BCUT2D eigenvalue weighted by Gasteiger charge is -2.38. The van der Waals surface area contributed by atoms with E-state index in [1.165, 1.54) is 5.52 Å². The Hall–Kier alpha value is -1.92. The predicted octanol–water partition coefficient (Wildman–Crippen LogP) is 2.60. The molecule has 3 heterocycles. The number of carbonyl (C=O) groups excluding carboxylic acids is 1. The second-order valence-corrected chi connectivity index (χ2v) is 8.68. The lowest BCUT2D eigenvalue weighted by atomic mass is 9.96. The van der Waals surface area contributed by atoms with E-state index in [2.05, 4.69) is 64.4 Å². The van der Waals surface area contributed by atoms with Crippen LogP contribution in [0, 0.1) is 5.92 Å². The van der Waals surface area contributed by atoms with Gasteiger partial charge in [0.1, 0.15) is 5.82 Å². The Morgan fingerprint density at radius 2 is 1.89 bits per heavy atom. The molecule has 0 unspecified atom stereocenters. The number of carbonyl (C=O) groups is 1. The van der Waals surface area contributed by atoms with Crippen LogP contribution in [0.1, 0.15) is 38.6 Å². The number of hydrogen-bond acceptors (Lipinski definition) is 4. The first-order valence-electron chi connectivity index (χ1n) is 10.7. The van der Waals surface area contributed by atoms with Crippen LogP contribution in [0.4, 0.5) is 0 Å². The third-order valence-electron chi connectivity index (χ3n) is 6.22. The SMILES string of the molecule is CC(C)n1c(CN2CCC[C@H](C(=O)N3CCN(C)CC3)C2)nc2ccccc21. The standard InChI is InChI=1S/C22H33N5O/c1-17(2)27-20-9-5-4-8-19(20)23-21(27)16-25-10-6-7-18(15-25)22(28)26-13-11-24(3)12-14-26/h4-5,8-9,17-18H,6-7,10-16H2,1-3H3/t18-/m0/s1. The van der Waals surface area contributed by atoms with Crippen molar-refractivity contribution in [2.24, 2.45) is 5.92 Å². The number of hydrogen-bond donors (Lipinski definition) is 0. The molecule has 1 aromatic heterocycles. The van der Waals surface area contributed by atoms with Crippen molar-refractivity contribution in [1.29, 1.82) is 0 Å². The van der Waals surface area contributed by atoms with Crippen LogP contribution in [0.25, 0.3) is 11.0 Å².